The van der Waals surface area contributed by atoms with Crippen molar-refractivity contribution >= 4 is 11.8 Å². The van der Waals surface area contributed by atoms with Gasteiger partial charge in [-0.1, -0.05) is 38.0 Å². The molecule has 0 atom stereocenters. The van der Waals surface area contributed by atoms with Crippen molar-refractivity contribution in [2.75, 3.05) is 12.8 Å². The number of nitrogens with one attached hydrogen (secondary N) is 1. The van der Waals surface area contributed by atoms with E-state index in [0.717, 1.165) is 23.7 Å². The molecule has 2 rings (SSSR count). The Hall–Kier alpha value is -1.26. The highest BCUT2D eigenvalue weighted by Gasteiger charge is 2.16. The summed E-state index contributed by atoms with van der Waals surface area (Å²) >= 11 is 1.93. The van der Waals surface area contributed by atoms with Crippen LogP contribution < -0.4 is 5.32 Å². The maximum Gasteiger partial charge on any atom is 0.105 e. The highest BCUT2D eigenvalue weighted by Crippen LogP contribution is 2.29. The fourth-order valence-electron chi connectivity index (χ4n) is 2.33. The molecule has 0 bridgehead atoms. The Bertz CT molecular complexity index is 549. The van der Waals surface area contributed by atoms with Gasteiger partial charge in [-0.15, -0.1) is 11.8 Å². The van der Waals surface area contributed by atoms with Crippen LogP contribution in [0.2, 0.25) is 0 Å². The lowest BCUT2D eigenvalue weighted by Crippen LogP contribution is -2.07. The van der Waals surface area contributed by atoms with E-state index < -0.39 is 0 Å². The number of unbranched alkanes of at least 4 members (excludes halogenated alkanes) is 2. The maximum atomic E-state index is 4.75. The van der Waals surface area contributed by atoms with Crippen LogP contribution in [0.4, 0.5) is 0 Å². The fraction of sp³-hybridized carbons (Fsp3) is 0.471. The first-order valence-corrected chi connectivity index (χ1v) is 8.67. The summed E-state index contributed by atoms with van der Waals surface area (Å²) in [6.45, 7) is 5.21. The molecule has 0 aliphatic carbocycles. The maximum absolute atomic E-state index is 4.75. The van der Waals surface area contributed by atoms with E-state index in [0.29, 0.717) is 0 Å². The minimum atomic E-state index is 0.870. The van der Waals surface area contributed by atoms with Crippen LogP contribution in [0.3, 0.4) is 0 Å². The number of benzene rings is 1. The molecule has 1 heterocycles. The van der Waals surface area contributed by atoms with E-state index in [9.17, 15) is 0 Å². The van der Waals surface area contributed by atoms with Gasteiger partial charge in [-0.2, -0.15) is 5.10 Å². The summed E-state index contributed by atoms with van der Waals surface area (Å²) in [6, 6.07) is 10.4. The zero-order chi connectivity index (χ0) is 15.1. The first-order valence-electron chi connectivity index (χ1n) is 7.69. The molecule has 0 aliphatic heterocycles. The minimum Gasteiger partial charge on any atom is -0.316 e. The summed E-state index contributed by atoms with van der Waals surface area (Å²) < 4.78 is 2.10. The van der Waals surface area contributed by atoms with Gasteiger partial charge < -0.3 is 5.32 Å². The van der Waals surface area contributed by atoms with Crippen molar-refractivity contribution in [3.8, 4) is 5.69 Å². The Morgan fingerprint density at radius 3 is 2.62 bits per heavy atom. The largest absolute Gasteiger partial charge is 0.316 e. The monoisotopic (exact) mass is 303 g/mol. The van der Waals surface area contributed by atoms with E-state index in [4.69, 9.17) is 5.10 Å². The second-order valence-corrected chi connectivity index (χ2v) is 6.29. The van der Waals surface area contributed by atoms with Crippen molar-refractivity contribution in [2.24, 2.45) is 0 Å². The molecule has 1 N–H and O–H groups in total. The number of hydrogen-bond acceptors (Lipinski definition) is 3. The van der Waals surface area contributed by atoms with Gasteiger partial charge >= 0.3 is 0 Å². The molecule has 1 aromatic carbocycles. The summed E-state index contributed by atoms with van der Waals surface area (Å²) in [7, 11) is 1.99. The van der Waals surface area contributed by atoms with Crippen LogP contribution >= 0.6 is 11.8 Å². The first kappa shape index (κ1) is 16.1. The standard InChI is InChI=1S/C17H25N3S/c1-4-5-9-12-21-17-16(13-18-3)14(2)19-20(17)15-10-7-6-8-11-15/h6-8,10-11,18H,4-5,9,12-13H2,1-3H3. The fourth-order valence-corrected chi connectivity index (χ4v) is 3.54. The Morgan fingerprint density at radius 1 is 1.19 bits per heavy atom. The van der Waals surface area contributed by atoms with Crippen LogP contribution in [-0.2, 0) is 6.54 Å². The van der Waals surface area contributed by atoms with Crippen LogP contribution in [0.5, 0.6) is 0 Å². The molecule has 3 nitrogen and oxygen atoms in total. The highest BCUT2D eigenvalue weighted by atomic mass is 32.2. The summed E-state index contributed by atoms with van der Waals surface area (Å²) in [5.41, 5.74) is 3.58. The van der Waals surface area contributed by atoms with Gasteiger partial charge in [-0.25, -0.2) is 4.68 Å². The molecule has 0 amide bonds. The number of aryl methyl sites for hydroxylation is 1. The van der Waals surface area contributed by atoms with Gasteiger partial charge in [-0.3, -0.25) is 0 Å². The topological polar surface area (TPSA) is 29.9 Å². The molecule has 4 heteroatoms. The lowest BCUT2D eigenvalue weighted by atomic mass is 10.2. The quantitative estimate of drug-likeness (QED) is 0.586. The van der Waals surface area contributed by atoms with Gasteiger partial charge in [0.25, 0.3) is 0 Å². The minimum absolute atomic E-state index is 0.870. The molecule has 1 aromatic heterocycles. The smallest absolute Gasteiger partial charge is 0.105 e. The molecule has 0 spiro atoms. The average Bonchev–Trinajstić information content (AvgIpc) is 2.82. The van der Waals surface area contributed by atoms with Gasteiger partial charge in [0.1, 0.15) is 5.03 Å². The molecule has 21 heavy (non-hydrogen) atoms. The van der Waals surface area contributed by atoms with Crippen LogP contribution in [0.1, 0.15) is 37.4 Å². The molecule has 0 aliphatic rings. The van der Waals surface area contributed by atoms with E-state index >= 15 is 0 Å². The molecule has 114 valence electrons. The average molecular weight is 303 g/mol. The highest BCUT2D eigenvalue weighted by molar-refractivity contribution is 7.99. The lowest BCUT2D eigenvalue weighted by molar-refractivity contribution is 0.757. The summed E-state index contributed by atoms with van der Waals surface area (Å²) in [5, 5.41) is 9.30. The Labute approximate surface area is 132 Å². The summed E-state index contributed by atoms with van der Waals surface area (Å²) in [6.07, 6.45) is 3.83. The molecular weight excluding hydrogens is 278 g/mol. The number of rotatable bonds is 8. The number of para-hydroxylation sites is 1. The molecular formula is C17H25N3S. The van der Waals surface area contributed by atoms with Gasteiger partial charge in [-0.05, 0) is 38.3 Å². The lowest BCUT2D eigenvalue weighted by Gasteiger charge is -2.09. The Balaban J connectivity index is 2.28. The van der Waals surface area contributed by atoms with Crippen LogP contribution in [0, 0.1) is 6.92 Å². The number of thioether (sulfide) groups is 1. The molecule has 0 saturated heterocycles. The molecule has 0 fully saturated rings. The van der Waals surface area contributed by atoms with E-state index in [1.165, 1.54) is 29.9 Å². The van der Waals surface area contributed by atoms with Gasteiger partial charge in [0.05, 0.1) is 11.4 Å². The van der Waals surface area contributed by atoms with Crippen molar-refractivity contribution in [3.05, 3.63) is 41.6 Å². The number of hydrogen-bond donors (Lipinski definition) is 1. The van der Waals surface area contributed by atoms with Crippen LogP contribution in [0.15, 0.2) is 35.4 Å². The third-order valence-electron chi connectivity index (χ3n) is 3.48. The predicted octanol–water partition coefficient (Wildman–Crippen LogP) is 4.18. The second kappa shape index (κ2) is 8.25. The third-order valence-corrected chi connectivity index (χ3v) is 4.66. The van der Waals surface area contributed by atoms with Crippen molar-refractivity contribution in [3.63, 3.8) is 0 Å². The van der Waals surface area contributed by atoms with E-state index in [2.05, 4.69) is 48.1 Å². The first-order chi connectivity index (χ1) is 10.3. The summed E-state index contributed by atoms with van der Waals surface area (Å²) in [4.78, 5) is 0. The van der Waals surface area contributed by atoms with Crippen molar-refractivity contribution in [1.82, 2.24) is 15.1 Å². The van der Waals surface area contributed by atoms with Crippen LogP contribution in [-0.4, -0.2) is 22.6 Å². The van der Waals surface area contributed by atoms with E-state index in [-0.39, 0.29) is 0 Å². The zero-order valence-corrected chi connectivity index (χ0v) is 14.0. The van der Waals surface area contributed by atoms with Gasteiger partial charge in [0, 0.05) is 12.1 Å². The second-order valence-electron chi connectivity index (χ2n) is 5.20. The van der Waals surface area contributed by atoms with Crippen LogP contribution in [0.25, 0.3) is 5.69 Å². The SMILES string of the molecule is CCCCCSc1c(CNC)c(C)nn1-c1ccccc1. The molecule has 0 saturated carbocycles. The van der Waals surface area contributed by atoms with Crippen molar-refractivity contribution in [1.29, 1.82) is 0 Å². The molecule has 0 unspecified atom stereocenters. The van der Waals surface area contributed by atoms with Crippen molar-refractivity contribution in [2.45, 2.75) is 44.7 Å². The van der Waals surface area contributed by atoms with E-state index in [1.54, 1.807) is 0 Å². The summed E-state index contributed by atoms with van der Waals surface area (Å²) in [5.74, 6) is 1.16. The molecule has 2 aromatic rings. The van der Waals surface area contributed by atoms with Gasteiger partial charge in [0.2, 0.25) is 0 Å². The molecule has 0 radical (unpaired) electrons. The van der Waals surface area contributed by atoms with Gasteiger partial charge in [0.15, 0.2) is 0 Å². The Morgan fingerprint density at radius 2 is 1.95 bits per heavy atom. The number of nitrogens with zero attached hydrogens (tertiary/aromatic N) is 2. The normalized spacial score (nSPS) is 11.0. The third kappa shape index (κ3) is 4.11. The predicted molar refractivity (Wildman–Crippen MR) is 91.3 cm³/mol. The van der Waals surface area contributed by atoms with Crippen molar-refractivity contribution < 1.29 is 0 Å². The number of aromatic nitrogens is 2. The van der Waals surface area contributed by atoms with E-state index in [1.807, 2.05) is 24.9 Å². The zero-order valence-electron chi connectivity index (χ0n) is 13.2. The Kier molecular flexibility index (Phi) is 6.33.